The second kappa shape index (κ2) is 11.2. The minimum atomic E-state index is -0.365. The van der Waals surface area contributed by atoms with Crippen LogP contribution in [-0.4, -0.2) is 55.6 Å². The molecule has 0 radical (unpaired) electrons. The number of nitrogens with one attached hydrogen (secondary N) is 1. The van der Waals surface area contributed by atoms with Crippen molar-refractivity contribution in [3.63, 3.8) is 0 Å². The molecule has 182 valence electrons. The second-order valence-electron chi connectivity index (χ2n) is 7.37. The van der Waals surface area contributed by atoms with Gasteiger partial charge in [0.15, 0.2) is 15.8 Å². The summed E-state index contributed by atoms with van der Waals surface area (Å²) in [5, 5.41) is 11.1. The maximum atomic E-state index is 12.7. The van der Waals surface area contributed by atoms with Crippen LogP contribution < -0.4 is 24.4 Å². The van der Waals surface area contributed by atoms with Crippen molar-refractivity contribution in [2.45, 2.75) is 10.8 Å². The molecule has 2 aromatic carbocycles. The monoisotopic (exact) mass is 512 g/mol. The Morgan fingerprint density at radius 1 is 1.11 bits per heavy atom. The molecule has 0 saturated heterocycles. The molecule has 1 N–H and O–H groups in total. The van der Waals surface area contributed by atoms with Crippen molar-refractivity contribution < 1.29 is 23.8 Å². The summed E-state index contributed by atoms with van der Waals surface area (Å²) >= 11 is 2.52. The smallest absolute Gasteiger partial charge is 0.250 e. The van der Waals surface area contributed by atoms with Crippen LogP contribution in [0.4, 0.5) is 10.8 Å². The van der Waals surface area contributed by atoms with E-state index in [1.165, 1.54) is 56.1 Å². The van der Waals surface area contributed by atoms with Crippen LogP contribution in [0, 0.1) is 0 Å². The number of rotatable bonds is 9. The molecule has 9 nitrogen and oxygen atoms in total. The van der Waals surface area contributed by atoms with Gasteiger partial charge in [0.2, 0.25) is 22.7 Å². The predicted molar refractivity (Wildman–Crippen MR) is 137 cm³/mol. The number of methoxy groups -OCH3 is 3. The van der Waals surface area contributed by atoms with E-state index in [0.29, 0.717) is 38.8 Å². The molecule has 1 aromatic heterocycles. The molecule has 1 aliphatic rings. The van der Waals surface area contributed by atoms with Gasteiger partial charge in [0, 0.05) is 18.3 Å². The van der Waals surface area contributed by atoms with Crippen LogP contribution in [0.5, 0.6) is 17.2 Å². The average Bonchev–Trinajstić information content (AvgIpc) is 3.52. The summed E-state index contributed by atoms with van der Waals surface area (Å²) in [6, 6.07) is 11.4. The van der Waals surface area contributed by atoms with Crippen molar-refractivity contribution >= 4 is 51.8 Å². The second-order valence-corrected chi connectivity index (χ2v) is 9.57. The van der Waals surface area contributed by atoms with Gasteiger partial charge in [-0.1, -0.05) is 41.3 Å². The van der Waals surface area contributed by atoms with Crippen LogP contribution in [0.1, 0.15) is 11.1 Å². The zero-order valence-electron chi connectivity index (χ0n) is 19.4. The van der Waals surface area contributed by atoms with Crippen molar-refractivity contribution in [3.8, 4) is 17.2 Å². The fourth-order valence-corrected chi connectivity index (χ4v) is 5.26. The standard InChI is InChI=1S/C24H24N4O5S2/c1-31-18-12-15(13-19(32-2)22(18)33-3)8-9-20(29)25-23-26-27-24(35-23)34-14-21(30)28-11-10-16-6-4-5-7-17(16)28/h4-9,12-13H,10-11,14H2,1-3H3,(H,25,26,29)/b9-8+. The molecule has 0 fully saturated rings. The Bertz CT molecular complexity index is 1240. The Morgan fingerprint density at radius 3 is 2.57 bits per heavy atom. The van der Waals surface area contributed by atoms with Crippen molar-refractivity contribution in [3.05, 3.63) is 53.6 Å². The Balaban J connectivity index is 1.32. The molecule has 0 unspecified atom stereocenters. The summed E-state index contributed by atoms with van der Waals surface area (Å²) in [5.41, 5.74) is 2.86. The third kappa shape index (κ3) is 5.75. The Morgan fingerprint density at radius 2 is 1.86 bits per heavy atom. The van der Waals surface area contributed by atoms with Crippen LogP contribution in [0.3, 0.4) is 0 Å². The van der Waals surface area contributed by atoms with Gasteiger partial charge >= 0.3 is 0 Å². The molecular weight excluding hydrogens is 488 g/mol. The predicted octanol–water partition coefficient (Wildman–Crippen LogP) is 3.90. The number of aromatic nitrogens is 2. The summed E-state index contributed by atoms with van der Waals surface area (Å²) in [7, 11) is 4.58. The van der Waals surface area contributed by atoms with Crippen molar-refractivity contribution in [1.82, 2.24) is 10.2 Å². The van der Waals surface area contributed by atoms with E-state index in [4.69, 9.17) is 14.2 Å². The highest BCUT2D eigenvalue weighted by Gasteiger charge is 2.24. The largest absolute Gasteiger partial charge is 0.493 e. The van der Waals surface area contributed by atoms with Crippen LogP contribution >= 0.6 is 23.1 Å². The maximum Gasteiger partial charge on any atom is 0.250 e. The van der Waals surface area contributed by atoms with Crippen molar-refractivity contribution in [1.29, 1.82) is 0 Å². The van der Waals surface area contributed by atoms with Crippen LogP contribution in [0.2, 0.25) is 0 Å². The molecule has 0 aliphatic carbocycles. The SMILES string of the molecule is COc1cc(/C=C/C(=O)Nc2nnc(SCC(=O)N3CCc4ccccc43)s2)cc(OC)c1OC. The zero-order valence-corrected chi connectivity index (χ0v) is 21.1. The highest BCUT2D eigenvalue weighted by atomic mass is 32.2. The van der Waals surface area contributed by atoms with Crippen molar-refractivity contribution in [2.75, 3.05) is 43.8 Å². The molecular formula is C24H24N4O5S2. The number of para-hydroxylation sites is 1. The molecule has 1 aliphatic heterocycles. The van der Waals surface area contributed by atoms with E-state index in [1.807, 2.05) is 24.3 Å². The van der Waals surface area contributed by atoms with Crippen LogP contribution in [0.15, 0.2) is 46.8 Å². The van der Waals surface area contributed by atoms with E-state index in [2.05, 4.69) is 15.5 Å². The van der Waals surface area contributed by atoms with Gasteiger partial charge in [0.1, 0.15) is 0 Å². The van der Waals surface area contributed by atoms with E-state index >= 15 is 0 Å². The Labute approximate surface area is 211 Å². The van der Waals surface area contributed by atoms with E-state index in [9.17, 15) is 9.59 Å². The van der Waals surface area contributed by atoms with Crippen LogP contribution in [0.25, 0.3) is 6.08 Å². The summed E-state index contributed by atoms with van der Waals surface area (Å²) < 4.78 is 16.6. The molecule has 4 rings (SSSR count). The molecule has 2 amide bonds. The quantitative estimate of drug-likeness (QED) is 0.262. The van der Waals surface area contributed by atoms with Gasteiger partial charge in [0.05, 0.1) is 27.1 Å². The number of fused-ring (bicyclic) bond motifs is 1. The first kappa shape index (κ1) is 24.6. The number of thioether (sulfide) groups is 1. The lowest BCUT2D eigenvalue weighted by Gasteiger charge is -2.16. The highest BCUT2D eigenvalue weighted by molar-refractivity contribution is 8.01. The van der Waals surface area contributed by atoms with Gasteiger partial charge in [-0.25, -0.2) is 0 Å². The lowest BCUT2D eigenvalue weighted by Crippen LogP contribution is -2.30. The van der Waals surface area contributed by atoms with Gasteiger partial charge in [0.25, 0.3) is 0 Å². The molecule has 11 heteroatoms. The average molecular weight is 513 g/mol. The van der Waals surface area contributed by atoms with Crippen LogP contribution in [-0.2, 0) is 16.0 Å². The fraction of sp³-hybridized carbons (Fsp3) is 0.250. The molecule has 0 bridgehead atoms. The molecule has 3 aromatic rings. The number of hydrogen-bond donors (Lipinski definition) is 1. The molecule has 0 saturated carbocycles. The number of nitrogens with zero attached hydrogens (tertiary/aromatic N) is 3. The highest BCUT2D eigenvalue weighted by Crippen LogP contribution is 2.38. The van der Waals surface area contributed by atoms with Gasteiger partial charge in [-0.3, -0.25) is 14.9 Å². The molecule has 0 spiro atoms. The third-order valence-electron chi connectivity index (χ3n) is 5.26. The van der Waals surface area contributed by atoms with Gasteiger partial charge < -0.3 is 19.1 Å². The van der Waals surface area contributed by atoms with E-state index in [-0.39, 0.29) is 17.6 Å². The summed E-state index contributed by atoms with van der Waals surface area (Å²) in [6.45, 7) is 0.689. The van der Waals surface area contributed by atoms with E-state index in [1.54, 1.807) is 23.1 Å². The number of anilines is 2. The maximum absolute atomic E-state index is 12.7. The number of amides is 2. The normalized spacial score (nSPS) is 12.5. The zero-order chi connectivity index (χ0) is 24.8. The number of ether oxygens (including phenoxy) is 3. The van der Waals surface area contributed by atoms with Gasteiger partial charge in [-0.2, -0.15) is 0 Å². The topological polar surface area (TPSA) is 103 Å². The first-order valence-electron chi connectivity index (χ1n) is 10.7. The summed E-state index contributed by atoms with van der Waals surface area (Å²) in [4.78, 5) is 26.9. The minimum Gasteiger partial charge on any atom is -0.493 e. The number of carbonyl (C=O) groups excluding carboxylic acids is 2. The first-order valence-corrected chi connectivity index (χ1v) is 12.5. The lowest BCUT2D eigenvalue weighted by molar-refractivity contribution is -0.116. The van der Waals surface area contributed by atoms with Gasteiger partial charge in [-0.05, 0) is 41.8 Å². The first-order chi connectivity index (χ1) is 17.0. The van der Waals surface area contributed by atoms with E-state index < -0.39 is 0 Å². The summed E-state index contributed by atoms with van der Waals surface area (Å²) in [6.07, 6.45) is 3.87. The van der Waals surface area contributed by atoms with Crippen molar-refractivity contribution in [2.24, 2.45) is 0 Å². The lowest BCUT2D eigenvalue weighted by atomic mass is 10.1. The van der Waals surface area contributed by atoms with Gasteiger partial charge in [-0.15, -0.1) is 10.2 Å². The number of hydrogen-bond acceptors (Lipinski definition) is 9. The molecule has 0 atom stereocenters. The minimum absolute atomic E-state index is 0.0222. The fourth-order valence-electron chi connectivity index (χ4n) is 3.63. The number of benzene rings is 2. The Kier molecular flexibility index (Phi) is 7.88. The van der Waals surface area contributed by atoms with E-state index in [0.717, 1.165) is 12.1 Å². The molecule has 35 heavy (non-hydrogen) atoms. The third-order valence-corrected chi connectivity index (χ3v) is 7.21. The summed E-state index contributed by atoms with van der Waals surface area (Å²) in [5.74, 6) is 1.36. The molecule has 2 heterocycles. The number of carbonyl (C=O) groups is 2. The Hall–Kier alpha value is -3.57.